The topological polar surface area (TPSA) is 102 Å². The second-order valence-electron chi connectivity index (χ2n) is 8.15. The van der Waals surface area contributed by atoms with Gasteiger partial charge in [-0.05, 0) is 18.8 Å². The summed E-state index contributed by atoms with van der Waals surface area (Å²) in [5.41, 5.74) is 0.411. The van der Waals surface area contributed by atoms with Crippen LogP contribution >= 0.6 is 0 Å². The standard InChI is InChI=1S/C20H28N4O4/c1-6-14(2)23(18(25)13-20(3,4)5)11-10-17-21-19(22-28-17)15-8-7-9-16(12-15)24(26)27/h7-9,12,14H,6,10-11,13H2,1-5H3/t14-/m1/s1. The molecular weight excluding hydrogens is 360 g/mol. The van der Waals surface area contributed by atoms with Crippen LogP contribution in [0, 0.1) is 15.5 Å². The molecule has 152 valence electrons. The molecule has 8 heteroatoms. The molecular formula is C20H28N4O4. The summed E-state index contributed by atoms with van der Waals surface area (Å²) in [6.07, 6.45) is 1.76. The lowest BCUT2D eigenvalue weighted by Crippen LogP contribution is -2.41. The maximum Gasteiger partial charge on any atom is 0.270 e. The van der Waals surface area contributed by atoms with Crippen molar-refractivity contribution in [2.24, 2.45) is 5.41 Å². The van der Waals surface area contributed by atoms with Crippen LogP contribution in [-0.4, -0.2) is 38.5 Å². The lowest BCUT2D eigenvalue weighted by atomic mass is 9.91. The average molecular weight is 388 g/mol. The summed E-state index contributed by atoms with van der Waals surface area (Å²) in [5, 5.41) is 14.8. The Labute approximate surface area is 165 Å². The van der Waals surface area contributed by atoms with Crippen LogP contribution < -0.4 is 0 Å². The van der Waals surface area contributed by atoms with Crippen molar-refractivity contribution in [3.8, 4) is 11.4 Å². The summed E-state index contributed by atoms with van der Waals surface area (Å²) >= 11 is 0. The number of hydrogen-bond donors (Lipinski definition) is 0. The highest BCUT2D eigenvalue weighted by atomic mass is 16.6. The van der Waals surface area contributed by atoms with E-state index in [0.29, 0.717) is 36.7 Å². The van der Waals surface area contributed by atoms with Crippen LogP contribution in [0.2, 0.25) is 0 Å². The smallest absolute Gasteiger partial charge is 0.270 e. The lowest BCUT2D eigenvalue weighted by Gasteiger charge is -2.31. The predicted molar refractivity (Wildman–Crippen MR) is 106 cm³/mol. The molecule has 1 aromatic carbocycles. The zero-order valence-corrected chi connectivity index (χ0v) is 17.1. The van der Waals surface area contributed by atoms with Crippen molar-refractivity contribution in [2.75, 3.05) is 6.54 Å². The molecule has 0 fully saturated rings. The second-order valence-corrected chi connectivity index (χ2v) is 8.15. The maximum atomic E-state index is 12.7. The Bertz CT molecular complexity index is 826. The van der Waals surface area contributed by atoms with Crippen LogP contribution in [0.3, 0.4) is 0 Å². The SMILES string of the molecule is CC[C@@H](C)N(CCc1nc(-c2cccc([N+](=O)[O-])c2)no1)C(=O)CC(C)(C)C. The van der Waals surface area contributed by atoms with Gasteiger partial charge in [-0.2, -0.15) is 4.98 Å². The monoisotopic (exact) mass is 388 g/mol. The summed E-state index contributed by atoms with van der Waals surface area (Å²) < 4.78 is 5.29. The number of carbonyl (C=O) groups is 1. The summed E-state index contributed by atoms with van der Waals surface area (Å²) in [6, 6.07) is 6.22. The van der Waals surface area contributed by atoms with E-state index in [1.165, 1.54) is 12.1 Å². The molecule has 0 aliphatic carbocycles. The molecule has 0 spiro atoms. The normalized spacial score (nSPS) is 12.6. The Morgan fingerprint density at radius 3 is 2.68 bits per heavy atom. The Balaban J connectivity index is 2.09. The third-order valence-corrected chi connectivity index (χ3v) is 4.47. The van der Waals surface area contributed by atoms with Crippen LogP contribution in [0.5, 0.6) is 0 Å². The fourth-order valence-electron chi connectivity index (χ4n) is 2.81. The van der Waals surface area contributed by atoms with Gasteiger partial charge in [-0.25, -0.2) is 0 Å². The number of hydrogen-bond acceptors (Lipinski definition) is 6. The lowest BCUT2D eigenvalue weighted by molar-refractivity contribution is -0.384. The van der Waals surface area contributed by atoms with Crippen molar-refractivity contribution in [1.82, 2.24) is 15.0 Å². The molecule has 1 aromatic heterocycles. The molecule has 0 N–H and O–H groups in total. The molecule has 1 atom stereocenters. The predicted octanol–water partition coefficient (Wildman–Crippen LogP) is 4.25. The van der Waals surface area contributed by atoms with Crippen molar-refractivity contribution in [3.05, 3.63) is 40.3 Å². The molecule has 0 saturated heterocycles. The van der Waals surface area contributed by atoms with E-state index in [4.69, 9.17) is 4.52 Å². The van der Waals surface area contributed by atoms with Crippen molar-refractivity contribution < 1.29 is 14.2 Å². The van der Waals surface area contributed by atoms with Gasteiger partial charge in [-0.1, -0.05) is 45.0 Å². The van der Waals surface area contributed by atoms with Gasteiger partial charge < -0.3 is 9.42 Å². The third-order valence-electron chi connectivity index (χ3n) is 4.47. The Morgan fingerprint density at radius 2 is 2.07 bits per heavy atom. The van der Waals surface area contributed by atoms with Crippen LogP contribution in [0.15, 0.2) is 28.8 Å². The molecule has 0 saturated carbocycles. The van der Waals surface area contributed by atoms with Crippen molar-refractivity contribution in [2.45, 2.75) is 59.9 Å². The molecule has 1 heterocycles. The molecule has 0 bridgehead atoms. The van der Waals surface area contributed by atoms with E-state index >= 15 is 0 Å². The van der Waals surface area contributed by atoms with E-state index in [9.17, 15) is 14.9 Å². The highest BCUT2D eigenvalue weighted by molar-refractivity contribution is 5.77. The van der Waals surface area contributed by atoms with Crippen LogP contribution in [0.1, 0.15) is 53.4 Å². The molecule has 0 unspecified atom stereocenters. The van der Waals surface area contributed by atoms with Gasteiger partial charge in [-0.3, -0.25) is 14.9 Å². The molecule has 0 aliphatic heterocycles. The summed E-state index contributed by atoms with van der Waals surface area (Å²) in [4.78, 5) is 29.4. The molecule has 0 aliphatic rings. The van der Waals surface area contributed by atoms with E-state index in [1.54, 1.807) is 12.1 Å². The Kier molecular flexibility index (Phi) is 6.88. The van der Waals surface area contributed by atoms with Gasteiger partial charge >= 0.3 is 0 Å². The first kappa shape index (κ1) is 21.5. The quantitative estimate of drug-likeness (QED) is 0.495. The van der Waals surface area contributed by atoms with Gasteiger partial charge in [0.15, 0.2) is 0 Å². The largest absolute Gasteiger partial charge is 0.339 e. The highest BCUT2D eigenvalue weighted by Gasteiger charge is 2.24. The van der Waals surface area contributed by atoms with E-state index in [-0.39, 0.29) is 23.1 Å². The van der Waals surface area contributed by atoms with Gasteiger partial charge in [-0.15, -0.1) is 0 Å². The van der Waals surface area contributed by atoms with E-state index in [2.05, 4.69) is 17.1 Å². The Hall–Kier alpha value is -2.77. The zero-order valence-electron chi connectivity index (χ0n) is 17.1. The molecule has 0 radical (unpaired) electrons. The molecule has 1 amide bonds. The van der Waals surface area contributed by atoms with Gasteiger partial charge in [0.05, 0.1) is 4.92 Å². The van der Waals surface area contributed by atoms with E-state index in [0.717, 1.165) is 6.42 Å². The van der Waals surface area contributed by atoms with E-state index in [1.807, 2.05) is 32.6 Å². The zero-order chi connectivity index (χ0) is 20.9. The van der Waals surface area contributed by atoms with Crippen molar-refractivity contribution in [3.63, 3.8) is 0 Å². The van der Waals surface area contributed by atoms with Crippen molar-refractivity contribution in [1.29, 1.82) is 0 Å². The fraction of sp³-hybridized carbons (Fsp3) is 0.550. The number of carbonyl (C=O) groups excluding carboxylic acids is 1. The number of nitro groups is 1. The van der Waals surface area contributed by atoms with Gasteiger partial charge in [0, 0.05) is 43.1 Å². The fourth-order valence-corrected chi connectivity index (χ4v) is 2.81. The first-order valence-corrected chi connectivity index (χ1v) is 9.47. The van der Waals surface area contributed by atoms with Crippen LogP contribution in [0.4, 0.5) is 5.69 Å². The number of nitro benzene ring substituents is 1. The minimum Gasteiger partial charge on any atom is -0.339 e. The second kappa shape index (κ2) is 8.95. The van der Waals surface area contributed by atoms with Gasteiger partial charge in [0.2, 0.25) is 17.6 Å². The number of amides is 1. The summed E-state index contributed by atoms with van der Waals surface area (Å²) in [7, 11) is 0. The molecule has 28 heavy (non-hydrogen) atoms. The summed E-state index contributed by atoms with van der Waals surface area (Å²) in [6.45, 7) is 10.7. The number of aromatic nitrogens is 2. The van der Waals surface area contributed by atoms with Crippen LogP contribution in [0.25, 0.3) is 11.4 Å². The average Bonchev–Trinajstić information content (AvgIpc) is 3.09. The first-order chi connectivity index (χ1) is 13.1. The minimum atomic E-state index is -0.463. The first-order valence-electron chi connectivity index (χ1n) is 9.47. The minimum absolute atomic E-state index is 0.0282. The number of nitrogens with zero attached hydrogens (tertiary/aromatic N) is 4. The maximum absolute atomic E-state index is 12.7. The third kappa shape index (κ3) is 5.87. The Morgan fingerprint density at radius 1 is 1.36 bits per heavy atom. The van der Waals surface area contributed by atoms with Crippen molar-refractivity contribution >= 4 is 11.6 Å². The summed E-state index contributed by atoms with van der Waals surface area (Å²) in [5.74, 6) is 0.813. The van der Waals surface area contributed by atoms with E-state index < -0.39 is 4.92 Å². The van der Waals surface area contributed by atoms with Gasteiger partial charge in [0.25, 0.3) is 5.69 Å². The number of rotatable bonds is 8. The van der Waals surface area contributed by atoms with Gasteiger partial charge in [0.1, 0.15) is 0 Å². The van der Waals surface area contributed by atoms with Crippen LogP contribution in [-0.2, 0) is 11.2 Å². The number of benzene rings is 1. The molecule has 2 aromatic rings. The number of non-ortho nitro benzene ring substituents is 1. The highest BCUT2D eigenvalue weighted by Crippen LogP contribution is 2.23. The molecule has 8 nitrogen and oxygen atoms in total. The molecule has 2 rings (SSSR count).